The molecule has 64 valence electrons. The van der Waals surface area contributed by atoms with Gasteiger partial charge in [0.15, 0.2) is 0 Å². The van der Waals surface area contributed by atoms with Crippen LogP contribution in [-0.4, -0.2) is 23.3 Å². The molecule has 1 heterocycles. The van der Waals surface area contributed by atoms with Crippen molar-refractivity contribution < 1.29 is 14.6 Å². The molecular weight excluding hydrogens is 144 g/mol. The number of carbonyl (C=O) groups is 1. The first kappa shape index (κ1) is 8.53. The molecule has 0 aliphatic carbocycles. The van der Waals surface area contributed by atoms with Crippen LogP contribution in [0.4, 0.5) is 0 Å². The molecule has 1 aliphatic rings. The number of ether oxygens (including phenoxy) is 1. The van der Waals surface area contributed by atoms with Gasteiger partial charge in [-0.1, -0.05) is 13.8 Å². The molecule has 1 N–H and O–H groups in total. The molecule has 1 aliphatic heterocycles. The SMILES string of the molecule is CC[C@H]1OC(=O)C[C@@H](O)[C@H]1C. The highest BCUT2D eigenvalue weighted by Crippen LogP contribution is 2.23. The molecule has 0 radical (unpaired) electrons. The van der Waals surface area contributed by atoms with Crippen molar-refractivity contribution in [1.29, 1.82) is 0 Å². The lowest BCUT2D eigenvalue weighted by atomic mass is 9.92. The van der Waals surface area contributed by atoms with Crippen molar-refractivity contribution in [2.45, 2.75) is 38.9 Å². The van der Waals surface area contributed by atoms with Crippen molar-refractivity contribution in [1.82, 2.24) is 0 Å². The van der Waals surface area contributed by atoms with Crippen molar-refractivity contribution in [3.05, 3.63) is 0 Å². The Kier molecular flexibility index (Phi) is 2.49. The molecule has 0 unspecified atom stereocenters. The summed E-state index contributed by atoms with van der Waals surface area (Å²) in [5.41, 5.74) is 0. The molecular formula is C8H14O3. The van der Waals surface area contributed by atoms with Gasteiger partial charge in [-0.2, -0.15) is 0 Å². The summed E-state index contributed by atoms with van der Waals surface area (Å²) in [6.07, 6.45) is 0.328. The monoisotopic (exact) mass is 158 g/mol. The van der Waals surface area contributed by atoms with Crippen LogP contribution in [0.2, 0.25) is 0 Å². The van der Waals surface area contributed by atoms with Crippen molar-refractivity contribution >= 4 is 5.97 Å². The first-order valence-electron chi connectivity index (χ1n) is 4.02. The number of esters is 1. The Morgan fingerprint density at radius 2 is 2.36 bits per heavy atom. The number of hydrogen-bond donors (Lipinski definition) is 1. The molecule has 0 saturated carbocycles. The lowest BCUT2D eigenvalue weighted by Gasteiger charge is -2.31. The Hall–Kier alpha value is -0.570. The standard InChI is InChI=1S/C8H14O3/c1-3-7-5(2)6(9)4-8(10)11-7/h5-7,9H,3-4H2,1-2H3/t5-,6-,7-/m1/s1. The molecule has 1 saturated heterocycles. The molecule has 11 heavy (non-hydrogen) atoms. The van der Waals surface area contributed by atoms with Gasteiger partial charge in [0.2, 0.25) is 0 Å². The van der Waals surface area contributed by atoms with Gasteiger partial charge in [0.25, 0.3) is 0 Å². The summed E-state index contributed by atoms with van der Waals surface area (Å²) in [5, 5.41) is 9.35. The maximum Gasteiger partial charge on any atom is 0.308 e. The largest absolute Gasteiger partial charge is 0.462 e. The molecule has 0 amide bonds. The van der Waals surface area contributed by atoms with Gasteiger partial charge in [-0.05, 0) is 6.42 Å². The van der Waals surface area contributed by atoms with Gasteiger partial charge in [-0.3, -0.25) is 4.79 Å². The van der Waals surface area contributed by atoms with Gasteiger partial charge in [0, 0.05) is 5.92 Å². The highest BCUT2D eigenvalue weighted by atomic mass is 16.5. The Bertz CT molecular complexity index is 155. The third-order valence-electron chi connectivity index (χ3n) is 2.25. The zero-order chi connectivity index (χ0) is 8.43. The maximum absolute atomic E-state index is 10.8. The van der Waals surface area contributed by atoms with Crippen LogP contribution in [0.25, 0.3) is 0 Å². The zero-order valence-electron chi connectivity index (χ0n) is 6.91. The van der Waals surface area contributed by atoms with Crippen molar-refractivity contribution in [2.75, 3.05) is 0 Å². The summed E-state index contributed by atoms with van der Waals surface area (Å²) in [5.74, 6) is -0.194. The maximum atomic E-state index is 10.8. The van der Waals surface area contributed by atoms with Gasteiger partial charge in [-0.25, -0.2) is 0 Å². The molecule has 0 bridgehead atoms. The van der Waals surface area contributed by atoms with Crippen molar-refractivity contribution in [2.24, 2.45) is 5.92 Å². The van der Waals surface area contributed by atoms with E-state index in [1.807, 2.05) is 13.8 Å². The molecule has 3 heteroatoms. The van der Waals surface area contributed by atoms with Crippen molar-refractivity contribution in [3.63, 3.8) is 0 Å². The van der Waals surface area contributed by atoms with Crippen LogP contribution >= 0.6 is 0 Å². The summed E-state index contributed by atoms with van der Waals surface area (Å²) < 4.78 is 5.02. The normalized spacial score (nSPS) is 38.5. The summed E-state index contributed by atoms with van der Waals surface area (Å²) in [7, 11) is 0. The number of hydrogen-bond acceptors (Lipinski definition) is 3. The van der Waals surface area contributed by atoms with Crippen LogP contribution in [-0.2, 0) is 9.53 Å². The van der Waals surface area contributed by atoms with E-state index in [4.69, 9.17) is 4.74 Å². The third-order valence-corrected chi connectivity index (χ3v) is 2.25. The predicted octanol–water partition coefficient (Wildman–Crippen LogP) is 0.709. The quantitative estimate of drug-likeness (QED) is 0.572. The average molecular weight is 158 g/mol. The summed E-state index contributed by atoms with van der Waals surface area (Å²) in [4.78, 5) is 10.8. The van der Waals surface area contributed by atoms with Gasteiger partial charge in [-0.15, -0.1) is 0 Å². The summed E-state index contributed by atoms with van der Waals surface area (Å²) in [6.45, 7) is 3.86. The van der Waals surface area contributed by atoms with Gasteiger partial charge in [0.1, 0.15) is 6.10 Å². The Morgan fingerprint density at radius 1 is 1.73 bits per heavy atom. The topological polar surface area (TPSA) is 46.5 Å². The predicted molar refractivity (Wildman–Crippen MR) is 40.0 cm³/mol. The van der Waals surface area contributed by atoms with Gasteiger partial charge in [0.05, 0.1) is 12.5 Å². The number of aliphatic hydroxyl groups excluding tert-OH is 1. The van der Waals surface area contributed by atoms with E-state index in [2.05, 4.69) is 0 Å². The fourth-order valence-electron chi connectivity index (χ4n) is 1.38. The molecule has 3 nitrogen and oxygen atoms in total. The highest BCUT2D eigenvalue weighted by Gasteiger charge is 2.33. The molecule has 1 rings (SSSR count). The Labute approximate surface area is 66.4 Å². The molecule has 3 atom stereocenters. The molecule has 1 fully saturated rings. The summed E-state index contributed by atoms with van der Waals surface area (Å²) in [6, 6.07) is 0. The molecule has 0 aromatic heterocycles. The van der Waals surface area contributed by atoms with Crippen LogP contribution in [0.1, 0.15) is 26.7 Å². The number of carbonyl (C=O) groups excluding carboxylic acids is 1. The van der Waals surface area contributed by atoms with E-state index >= 15 is 0 Å². The fraction of sp³-hybridized carbons (Fsp3) is 0.875. The van der Waals surface area contributed by atoms with Crippen LogP contribution in [0.15, 0.2) is 0 Å². The smallest absolute Gasteiger partial charge is 0.308 e. The minimum absolute atomic E-state index is 0.0812. The van der Waals surface area contributed by atoms with Crippen molar-refractivity contribution in [3.8, 4) is 0 Å². The average Bonchev–Trinajstić information content (AvgIpc) is 1.96. The molecule has 0 aromatic rings. The summed E-state index contributed by atoms with van der Waals surface area (Å²) >= 11 is 0. The second-order valence-corrected chi connectivity index (χ2v) is 3.07. The minimum Gasteiger partial charge on any atom is -0.462 e. The highest BCUT2D eigenvalue weighted by molar-refractivity contribution is 5.71. The van der Waals surface area contributed by atoms with E-state index in [-0.39, 0.29) is 24.4 Å². The third kappa shape index (κ3) is 1.71. The number of cyclic esters (lactones) is 1. The van der Waals surface area contributed by atoms with Gasteiger partial charge >= 0.3 is 5.97 Å². The number of rotatable bonds is 1. The minimum atomic E-state index is -0.513. The van der Waals surface area contributed by atoms with E-state index in [1.165, 1.54) is 0 Å². The first-order valence-corrected chi connectivity index (χ1v) is 4.02. The van der Waals surface area contributed by atoms with Crippen LogP contribution in [0.3, 0.4) is 0 Å². The lowest BCUT2D eigenvalue weighted by Crippen LogP contribution is -2.40. The van der Waals surface area contributed by atoms with E-state index < -0.39 is 6.10 Å². The second kappa shape index (κ2) is 3.22. The first-order chi connectivity index (χ1) is 5.15. The van der Waals surface area contributed by atoms with E-state index in [0.29, 0.717) is 0 Å². The van der Waals surface area contributed by atoms with E-state index in [9.17, 15) is 9.90 Å². The zero-order valence-corrected chi connectivity index (χ0v) is 6.91. The Morgan fingerprint density at radius 3 is 2.91 bits per heavy atom. The molecule has 0 spiro atoms. The van der Waals surface area contributed by atoms with Crippen LogP contribution in [0, 0.1) is 5.92 Å². The van der Waals surface area contributed by atoms with E-state index in [1.54, 1.807) is 0 Å². The number of aliphatic hydroxyl groups is 1. The molecule has 0 aromatic carbocycles. The fourth-order valence-corrected chi connectivity index (χ4v) is 1.38. The van der Waals surface area contributed by atoms with Crippen LogP contribution < -0.4 is 0 Å². The van der Waals surface area contributed by atoms with Gasteiger partial charge < -0.3 is 9.84 Å². The lowest BCUT2D eigenvalue weighted by molar-refractivity contribution is -0.167. The van der Waals surface area contributed by atoms with E-state index in [0.717, 1.165) is 6.42 Å². The second-order valence-electron chi connectivity index (χ2n) is 3.07. The Balaban J connectivity index is 2.58. The van der Waals surface area contributed by atoms with Crippen LogP contribution in [0.5, 0.6) is 0 Å².